The molecule has 0 aliphatic rings. The van der Waals surface area contributed by atoms with Crippen LogP contribution in [0.25, 0.3) is 23.0 Å². The van der Waals surface area contributed by atoms with Crippen LogP contribution in [0, 0.1) is 0 Å². The number of hydrogen-bond donors (Lipinski definition) is 1. The van der Waals surface area contributed by atoms with Crippen molar-refractivity contribution >= 4 is 43.9 Å². The lowest BCUT2D eigenvalue weighted by Crippen LogP contribution is -1.93. The highest BCUT2D eigenvalue weighted by atomic mass is 79.9. The molecular weight excluding hydrogens is 436 g/mol. The lowest BCUT2D eigenvalue weighted by atomic mass is 10.1. The summed E-state index contributed by atoms with van der Waals surface area (Å²) in [6.07, 6.45) is 3.38. The van der Waals surface area contributed by atoms with Crippen LogP contribution in [0.2, 0.25) is 0 Å². The summed E-state index contributed by atoms with van der Waals surface area (Å²) in [5.74, 6) is -1.02. The van der Waals surface area contributed by atoms with Crippen LogP contribution in [-0.2, 0) is 4.79 Å². The summed E-state index contributed by atoms with van der Waals surface area (Å²) in [4.78, 5) is 11.1. The van der Waals surface area contributed by atoms with Crippen molar-refractivity contribution in [3.63, 3.8) is 0 Å². The smallest absolute Gasteiger partial charge is 0.342 e. The van der Waals surface area contributed by atoms with Crippen molar-refractivity contribution < 1.29 is 9.90 Å². The Hall–Kier alpha value is -2.18. The zero-order chi connectivity index (χ0) is 17.1. The molecule has 0 amide bonds. The van der Waals surface area contributed by atoms with Gasteiger partial charge in [-0.3, -0.25) is 0 Å². The molecule has 0 saturated carbocycles. The predicted molar refractivity (Wildman–Crippen MR) is 101 cm³/mol. The Morgan fingerprint density at radius 2 is 1.75 bits per heavy atom. The van der Waals surface area contributed by atoms with E-state index in [1.807, 2.05) is 60.8 Å². The van der Waals surface area contributed by atoms with Gasteiger partial charge in [-0.2, -0.15) is 5.10 Å². The zero-order valence-electron chi connectivity index (χ0n) is 12.4. The van der Waals surface area contributed by atoms with Crippen molar-refractivity contribution in [2.75, 3.05) is 0 Å². The van der Waals surface area contributed by atoms with Crippen molar-refractivity contribution in [2.24, 2.45) is 0 Å². The maximum atomic E-state index is 11.1. The average molecular weight is 448 g/mol. The SMILES string of the molecule is O=C(O)/C(Br)=C/c1cn(-c2ccccc2)nc1-c1ccc(Br)cc1. The number of rotatable bonds is 4. The molecule has 0 aliphatic heterocycles. The topological polar surface area (TPSA) is 55.1 Å². The number of aliphatic carboxylic acids is 1. The Morgan fingerprint density at radius 3 is 2.38 bits per heavy atom. The minimum Gasteiger partial charge on any atom is -0.477 e. The summed E-state index contributed by atoms with van der Waals surface area (Å²) in [6.45, 7) is 0. The molecule has 0 radical (unpaired) electrons. The second kappa shape index (κ2) is 7.15. The van der Waals surface area contributed by atoms with E-state index in [0.29, 0.717) is 5.69 Å². The summed E-state index contributed by atoms with van der Waals surface area (Å²) in [7, 11) is 0. The van der Waals surface area contributed by atoms with E-state index in [1.165, 1.54) is 0 Å². The van der Waals surface area contributed by atoms with Crippen LogP contribution < -0.4 is 0 Å². The summed E-state index contributed by atoms with van der Waals surface area (Å²) in [5, 5.41) is 13.8. The fraction of sp³-hybridized carbons (Fsp3) is 0. The minimum atomic E-state index is -1.02. The third-order valence-corrected chi connectivity index (χ3v) is 4.46. The number of carbonyl (C=O) groups is 1. The normalized spacial score (nSPS) is 11.5. The quantitative estimate of drug-likeness (QED) is 0.564. The third kappa shape index (κ3) is 3.66. The standard InChI is InChI=1S/C18H12Br2N2O2/c19-14-8-6-12(7-9-14)17-13(10-16(20)18(23)24)11-22(21-17)15-4-2-1-3-5-15/h1-11H,(H,23,24)/b16-10-. The van der Waals surface area contributed by atoms with Gasteiger partial charge in [0.15, 0.2) is 0 Å². The maximum Gasteiger partial charge on any atom is 0.342 e. The molecule has 1 N–H and O–H groups in total. The molecule has 4 nitrogen and oxygen atoms in total. The molecule has 24 heavy (non-hydrogen) atoms. The van der Waals surface area contributed by atoms with Gasteiger partial charge in [-0.25, -0.2) is 9.48 Å². The van der Waals surface area contributed by atoms with Crippen LogP contribution in [0.4, 0.5) is 0 Å². The van der Waals surface area contributed by atoms with Crippen LogP contribution in [0.15, 0.2) is 69.7 Å². The number of aromatic nitrogens is 2. The van der Waals surface area contributed by atoms with E-state index in [2.05, 4.69) is 37.0 Å². The van der Waals surface area contributed by atoms with Crippen molar-refractivity contribution in [1.82, 2.24) is 9.78 Å². The number of halogens is 2. The predicted octanol–water partition coefficient (Wildman–Crippen LogP) is 5.12. The van der Waals surface area contributed by atoms with Crippen molar-refractivity contribution in [3.05, 3.63) is 75.3 Å². The van der Waals surface area contributed by atoms with E-state index in [1.54, 1.807) is 10.8 Å². The lowest BCUT2D eigenvalue weighted by molar-refractivity contribution is -0.131. The molecule has 0 atom stereocenters. The van der Waals surface area contributed by atoms with Crippen molar-refractivity contribution in [3.8, 4) is 16.9 Å². The largest absolute Gasteiger partial charge is 0.477 e. The lowest BCUT2D eigenvalue weighted by Gasteiger charge is -2.01. The van der Waals surface area contributed by atoms with E-state index in [4.69, 9.17) is 5.11 Å². The Bertz CT molecular complexity index is 901. The van der Waals surface area contributed by atoms with Gasteiger partial charge in [0.25, 0.3) is 0 Å². The number of carboxylic acid groups (broad SMARTS) is 1. The van der Waals surface area contributed by atoms with Gasteiger partial charge in [0.05, 0.1) is 11.4 Å². The molecule has 1 aromatic heterocycles. The number of nitrogens with zero attached hydrogens (tertiary/aromatic N) is 2. The van der Waals surface area contributed by atoms with E-state index in [-0.39, 0.29) is 4.48 Å². The fourth-order valence-electron chi connectivity index (χ4n) is 2.24. The van der Waals surface area contributed by atoms with Gasteiger partial charge in [-0.05, 0) is 46.3 Å². The second-order valence-corrected chi connectivity index (χ2v) is 6.79. The minimum absolute atomic E-state index is 0.0773. The highest BCUT2D eigenvalue weighted by Gasteiger charge is 2.13. The molecule has 3 aromatic rings. The van der Waals surface area contributed by atoms with E-state index in [9.17, 15) is 4.79 Å². The summed E-state index contributed by atoms with van der Waals surface area (Å²) < 4.78 is 2.79. The number of benzene rings is 2. The van der Waals surface area contributed by atoms with Crippen LogP contribution in [0.1, 0.15) is 5.56 Å². The Balaban J connectivity index is 2.15. The van der Waals surface area contributed by atoms with Gasteiger partial charge in [0, 0.05) is 21.8 Å². The summed E-state index contributed by atoms with van der Waals surface area (Å²) >= 11 is 6.49. The molecule has 0 bridgehead atoms. The molecule has 0 fully saturated rings. The maximum absolute atomic E-state index is 11.1. The Morgan fingerprint density at radius 1 is 1.08 bits per heavy atom. The Labute approximate surface area is 155 Å². The van der Waals surface area contributed by atoms with Gasteiger partial charge in [0.2, 0.25) is 0 Å². The molecule has 0 aliphatic carbocycles. The van der Waals surface area contributed by atoms with Gasteiger partial charge in [-0.15, -0.1) is 0 Å². The van der Waals surface area contributed by atoms with Gasteiger partial charge in [-0.1, -0.05) is 46.3 Å². The molecular formula is C18H12Br2N2O2. The Kier molecular flexibility index (Phi) is 4.97. The van der Waals surface area contributed by atoms with E-state index < -0.39 is 5.97 Å². The highest BCUT2D eigenvalue weighted by molar-refractivity contribution is 9.12. The molecule has 2 aromatic carbocycles. The first-order valence-electron chi connectivity index (χ1n) is 7.06. The van der Waals surface area contributed by atoms with E-state index in [0.717, 1.165) is 21.3 Å². The zero-order valence-corrected chi connectivity index (χ0v) is 15.5. The summed E-state index contributed by atoms with van der Waals surface area (Å²) in [5.41, 5.74) is 3.24. The molecule has 3 rings (SSSR count). The van der Waals surface area contributed by atoms with Crippen LogP contribution in [0.3, 0.4) is 0 Å². The van der Waals surface area contributed by atoms with Crippen molar-refractivity contribution in [2.45, 2.75) is 0 Å². The first-order valence-corrected chi connectivity index (χ1v) is 8.65. The number of para-hydroxylation sites is 1. The van der Waals surface area contributed by atoms with Gasteiger partial charge < -0.3 is 5.11 Å². The first-order chi connectivity index (χ1) is 11.5. The van der Waals surface area contributed by atoms with Crippen LogP contribution >= 0.6 is 31.9 Å². The monoisotopic (exact) mass is 446 g/mol. The average Bonchev–Trinajstić information content (AvgIpc) is 3.00. The second-order valence-electron chi connectivity index (χ2n) is 5.02. The van der Waals surface area contributed by atoms with Gasteiger partial charge in [0.1, 0.15) is 4.48 Å². The number of hydrogen-bond acceptors (Lipinski definition) is 2. The molecule has 0 spiro atoms. The highest BCUT2D eigenvalue weighted by Crippen LogP contribution is 2.27. The number of carboxylic acids is 1. The molecule has 6 heteroatoms. The fourth-order valence-corrected chi connectivity index (χ4v) is 2.75. The molecule has 0 unspecified atom stereocenters. The molecule has 120 valence electrons. The third-order valence-electron chi connectivity index (χ3n) is 3.37. The van der Waals surface area contributed by atoms with Crippen molar-refractivity contribution in [1.29, 1.82) is 0 Å². The molecule has 0 saturated heterocycles. The summed E-state index contributed by atoms with van der Waals surface area (Å²) in [6, 6.07) is 17.4. The first kappa shape index (κ1) is 16.7. The van der Waals surface area contributed by atoms with Gasteiger partial charge >= 0.3 is 5.97 Å². The molecule has 1 heterocycles. The van der Waals surface area contributed by atoms with Crippen LogP contribution in [0.5, 0.6) is 0 Å². The van der Waals surface area contributed by atoms with E-state index >= 15 is 0 Å². The van der Waals surface area contributed by atoms with Crippen LogP contribution in [-0.4, -0.2) is 20.9 Å².